The molecular formula is C18H21N5O. The molecule has 0 aliphatic rings. The van der Waals surface area contributed by atoms with Gasteiger partial charge in [0.2, 0.25) is 0 Å². The lowest BCUT2D eigenvalue weighted by Gasteiger charge is -2.12. The molecule has 3 rings (SSSR count). The number of nitrogen functional groups attached to an aromatic ring is 2. The summed E-state index contributed by atoms with van der Waals surface area (Å²) in [6.07, 6.45) is 1.61. The van der Waals surface area contributed by atoms with Gasteiger partial charge < -0.3 is 16.4 Å². The Morgan fingerprint density at radius 1 is 1.04 bits per heavy atom. The summed E-state index contributed by atoms with van der Waals surface area (Å²) in [7, 11) is 3.95. The highest BCUT2D eigenvalue weighted by atomic mass is 16.1. The summed E-state index contributed by atoms with van der Waals surface area (Å²) in [4.78, 5) is 19.1. The minimum Gasteiger partial charge on any atom is -0.397 e. The maximum atomic E-state index is 12.7. The van der Waals surface area contributed by atoms with E-state index >= 15 is 0 Å². The molecule has 0 atom stereocenters. The molecule has 0 amide bonds. The minimum atomic E-state index is -0.0351. The number of rotatable bonds is 4. The van der Waals surface area contributed by atoms with Gasteiger partial charge in [0.15, 0.2) is 0 Å². The van der Waals surface area contributed by atoms with Gasteiger partial charge in [-0.3, -0.25) is 9.36 Å². The van der Waals surface area contributed by atoms with Gasteiger partial charge in [-0.15, -0.1) is 0 Å². The van der Waals surface area contributed by atoms with Gasteiger partial charge in [-0.25, -0.2) is 4.98 Å². The van der Waals surface area contributed by atoms with Gasteiger partial charge in [0.25, 0.3) is 5.56 Å². The normalized spacial score (nSPS) is 11.3. The average Bonchev–Trinajstić information content (AvgIpc) is 2.56. The Kier molecular flexibility index (Phi) is 4.22. The summed E-state index contributed by atoms with van der Waals surface area (Å²) >= 11 is 0. The van der Waals surface area contributed by atoms with Gasteiger partial charge in [0.05, 0.1) is 28.6 Å². The van der Waals surface area contributed by atoms with Crippen molar-refractivity contribution in [2.45, 2.75) is 6.54 Å². The maximum Gasteiger partial charge on any atom is 0.261 e. The molecule has 3 aromatic rings. The Morgan fingerprint density at radius 3 is 2.46 bits per heavy atom. The van der Waals surface area contributed by atoms with Crippen molar-refractivity contribution in [2.24, 2.45) is 0 Å². The fourth-order valence-corrected chi connectivity index (χ4v) is 2.56. The van der Waals surface area contributed by atoms with Crippen LogP contribution in [0.1, 0.15) is 0 Å². The third kappa shape index (κ3) is 3.09. The van der Waals surface area contributed by atoms with Crippen LogP contribution in [-0.2, 0) is 6.54 Å². The van der Waals surface area contributed by atoms with E-state index in [2.05, 4.69) is 4.98 Å². The zero-order valence-electron chi connectivity index (χ0n) is 13.9. The second-order valence-corrected chi connectivity index (χ2v) is 6.12. The summed E-state index contributed by atoms with van der Waals surface area (Å²) < 4.78 is 1.64. The number of anilines is 2. The zero-order chi connectivity index (χ0) is 17.3. The lowest BCUT2D eigenvalue weighted by molar-refractivity contribution is 0.380. The first-order chi connectivity index (χ1) is 11.5. The fourth-order valence-electron chi connectivity index (χ4n) is 2.56. The minimum absolute atomic E-state index is 0.0351. The van der Waals surface area contributed by atoms with Crippen LogP contribution in [0.4, 0.5) is 11.4 Å². The van der Waals surface area contributed by atoms with E-state index in [0.29, 0.717) is 28.8 Å². The lowest BCUT2D eigenvalue weighted by Crippen LogP contribution is -2.26. The summed E-state index contributed by atoms with van der Waals surface area (Å²) in [5.74, 6) is 0. The molecule has 0 spiro atoms. The van der Waals surface area contributed by atoms with Gasteiger partial charge >= 0.3 is 0 Å². The quantitative estimate of drug-likeness (QED) is 0.714. The van der Waals surface area contributed by atoms with Crippen molar-refractivity contribution in [1.82, 2.24) is 14.5 Å². The van der Waals surface area contributed by atoms with Crippen LogP contribution in [0.2, 0.25) is 0 Å². The molecule has 0 saturated heterocycles. The third-order valence-electron chi connectivity index (χ3n) is 4.03. The van der Waals surface area contributed by atoms with E-state index < -0.39 is 0 Å². The lowest BCUT2D eigenvalue weighted by atomic mass is 10.0. The number of fused-ring (bicyclic) bond motifs is 1. The molecule has 1 heterocycles. The number of hydrogen-bond acceptors (Lipinski definition) is 5. The molecule has 2 aromatic carbocycles. The molecule has 4 N–H and O–H groups in total. The average molecular weight is 323 g/mol. The number of aromatic nitrogens is 2. The van der Waals surface area contributed by atoms with Gasteiger partial charge in [0.1, 0.15) is 0 Å². The van der Waals surface area contributed by atoms with Crippen LogP contribution >= 0.6 is 0 Å². The van der Waals surface area contributed by atoms with E-state index in [9.17, 15) is 4.79 Å². The van der Waals surface area contributed by atoms with E-state index in [4.69, 9.17) is 11.5 Å². The smallest absolute Gasteiger partial charge is 0.261 e. The molecule has 6 heteroatoms. The van der Waals surface area contributed by atoms with Crippen molar-refractivity contribution >= 4 is 22.3 Å². The maximum absolute atomic E-state index is 12.7. The largest absolute Gasteiger partial charge is 0.397 e. The van der Waals surface area contributed by atoms with Gasteiger partial charge in [-0.2, -0.15) is 0 Å². The summed E-state index contributed by atoms with van der Waals surface area (Å²) in [6.45, 7) is 1.38. The molecule has 0 radical (unpaired) electrons. The number of likely N-dealkylation sites (N-methyl/N-ethyl adjacent to an activating group) is 1. The summed E-state index contributed by atoms with van der Waals surface area (Å²) in [5, 5.41) is 0.601. The molecule has 0 saturated carbocycles. The Labute approximate surface area is 140 Å². The molecule has 0 unspecified atom stereocenters. The molecule has 0 aliphatic heterocycles. The highest BCUT2D eigenvalue weighted by Crippen LogP contribution is 2.26. The van der Waals surface area contributed by atoms with Crippen LogP contribution in [0.15, 0.2) is 47.5 Å². The van der Waals surface area contributed by atoms with Crippen molar-refractivity contribution in [1.29, 1.82) is 0 Å². The predicted molar refractivity (Wildman–Crippen MR) is 98.8 cm³/mol. The Balaban J connectivity index is 2.07. The molecule has 0 bridgehead atoms. The molecule has 0 aliphatic carbocycles. The number of benzene rings is 2. The first-order valence-electron chi connectivity index (χ1n) is 7.75. The number of hydrogen-bond donors (Lipinski definition) is 2. The van der Waals surface area contributed by atoms with Gasteiger partial charge in [-0.1, -0.05) is 12.1 Å². The van der Waals surface area contributed by atoms with Crippen LogP contribution in [-0.4, -0.2) is 35.1 Å². The second kappa shape index (κ2) is 6.33. The van der Waals surface area contributed by atoms with Gasteiger partial charge in [0, 0.05) is 13.1 Å². The fraction of sp³-hybridized carbons (Fsp3) is 0.222. The SMILES string of the molecule is CN(C)CCn1cnc2ccc(-c3ccc(N)c(N)c3)cc2c1=O. The Morgan fingerprint density at radius 2 is 1.75 bits per heavy atom. The van der Waals surface area contributed by atoms with Crippen molar-refractivity contribution in [3.8, 4) is 11.1 Å². The number of nitrogens with zero attached hydrogens (tertiary/aromatic N) is 3. The Hall–Kier alpha value is -2.86. The molecule has 6 nitrogen and oxygen atoms in total. The third-order valence-corrected chi connectivity index (χ3v) is 4.03. The first-order valence-corrected chi connectivity index (χ1v) is 7.75. The molecule has 24 heavy (non-hydrogen) atoms. The van der Waals surface area contributed by atoms with Crippen LogP contribution in [0.25, 0.3) is 22.0 Å². The monoisotopic (exact) mass is 323 g/mol. The van der Waals surface area contributed by atoms with E-state index in [1.165, 1.54) is 0 Å². The second-order valence-electron chi connectivity index (χ2n) is 6.12. The molecule has 0 fully saturated rings. The standard InChI is InChI=1S/C18H21N5O/c1-22(2)7-8-23-11-21-17-6-4-12(9-14(17)18(23)24)13-3-5-15(19)16(20)10-13/h3-6,9-11H,7-8,19-20H2,1-2H3. The van der Waals surface area contributed by atoms with E-state index in [-0.39, 0.29) is 5.56 Å². The Bertz CT molecular complexity index is 946. The van der Waals surface area contributed by atoms with E-state index in [0.717, 1.165) is 17.7 Å². The van der Waals surface area contributed by atoms with E-state index in [1.54, 1.807) is 17.0 Å². The van der Waals surface area contributed by atoms with Crippen LogP contribution in [0.3, 0.4) is 0 Å². The number of nitrogens with two attached hydrogens (primary N) is 2. The van der Waals surface area contributed by atoms with Gasteiger partial charge in [-0.05, 0) is 49.5 Å². The summed E-state index contributed by atoms with van der Waals surface area (Å²) in [6, 6.07) is 11.1. The first kappa shape index (κ1) is 16.0. The zero-order valence-corrected chi connectivity index (χ0v) is 13.9. The topological polar surface area (TPSA) is 90.2 Å². The van der Waals surface area contributed by atoms with Crippen molar-refractivity contribution in [2.75, 3.05) is 32.1 Å². The van der Waals surface area contributed by atoms with Crippen LogP contribution < -0.4 is 17.0 Å². The van der Waals surface area contributed by atoms with Crippen LogP contribution in [0, 0.1) is 0 Å². The predicted octanol–water partition coefficient (Wildman–Crippen LogP) is 1.79. The van der Waals surface area contributed by atoms with E-state index in [1.807, 2.05) is 49.3 Å². The molecular weight excluding hydrogens is 302 g/mol. The molecule has 124 valence electrons. The highest BCUT2D eigenvalue weighted by Gasteiger charge is 2.08. The highest BCUT2D eigenvalue weighted by molar-refractivity contribution is 5.85. The van der Waals surface area contributed by atoms with Crippen molar-refractivity contribution in [3.63, 3.8) is 0 Å². The van der Waals surface area contributed by atoms with Crippen LogP contribution in [0.5, 0.6) is 0 Å². The van der Waals surface area contributed by atoms with Crippen molar-refractivity contribution in [3.05, 3.63) is 53.1 Å². The summed E-state index contributed by atoms with van der Waals surface area (Å²) in [5.41, 5.74) is 15.2. The van der Waals surface area contributed by atoms with Crippen molar-refractivity contribution < 1.29 is 0 Å². The molecule has 1 aromatic heterocycles.